The van der Waals surface area contributed by atoms with Gasteiger partial charge in [-0.25, -0.2) is 4.39 Å². The lowest BCUT2D eigenvalue weighted by atomic mass is 9.85. The van der Waals surface area contributed by atoms with Gasteiger partial charge in [-0.2, -0.15) is 0 Å². The minimum absolute atomic E-state index is 0.223. The molecular weight excluding hydrogens is 335 g/mol. The summed E-state index contributed by atoms with van der Waals surface area (Å²) < 4.78 is 13.4. The van der Waals surface area contributed by atoms with Crippen LogP contribution in [-0.2, 0) is 17.9 Å². The van der Waals surface area contributed by atoms with Crippen LogP contribution in [0.1, 0.15) is 28.2 Å². The van der Waals surface area contributed by atoms with Crippen molar-refractivity contribution in [3.05, 3.63) is 57.5 Å². The van der Waals surface area contributed by atoms with Gasteiger partial charge in [0.05, 0.1) is 5.41 Å². The molecule has 2 fully saturated rings. The molecule has 25 heavy (non-hydrogen) atoms. The Morgan fingerprint density at radius 1 is 1.16 bits per heavy atom. The van der Waals surface area contributed by atoms with Crippen LogP contribution in [0.4, 0.5) is 4.39 Å². The summed E-state index contributed by atoms with van der Waals surface area (Å²) in [5, 5.41) is 0. The van der Waals surface area contributed by atoms with E-state index < -0.39 is 0 Å². The molecule has 0 aliphatic carbocycles. The molecule has 2 aliphatic rings. The first-order valence-electron chi connectivity index (χ1n) is 8.86. The SMILES string of the molecule is Cc1ccc(CN2CC[C@]3(CCN(Cc4cccc(F)c4)C3=O)C2)s1. The van der Waals surface area contributed by atoms with Gasteiger partial charge in [0.15, 0.2) is 0 Å². The number of carbonyl (C=O) groups is 1. The van der Waals surface area contributed by atoms with Crippen molar-refractivity contribution >= 4 is 17.2 Å². The van der Waals surface area contributed by atoms with Crippen molar-refractivity contribution in [1.29, 1.82) is 0 Å². The van der Waals surface area contributed by atoms with E-state index >= 15 is 0 Å². The molecule has 0 radical (unpaired) electrons. The summed E-state index contributed by atoms with van der Waals surface area (Å²) in [5.74, 6) is 0.0127. The lowest BCUT2D eigenvalue weighted by Gasteiger charge is -2.23. The van der Waals surface area contributed by atoms with Crippen LogP contribution in [0.25, 0.3) is 0 Å². The molecule has 0 bridgehead atoms. The topological polar surface area (TPSA) is 23.6 Å². The number of hydrogen-bond donors (Lipinski definition) is 0. The number of amides is 1. The molecule has 0 saturated carbocycles. The van der Waals surface area contributed by atoms with E-state index in [9.17, 15) is 9.18 Å². The maximum Gasteiger partial charge on any atom is 0.230 e. The molecule has 2 saturated heterocycles. The molecule has 3 nitrogen and oxygen atoms in total. The highest BCUT2D eigenvalue weighted by Crippen LogP contribution is 2.41. The van der Waals surface area contributed by atoms with Crippen LogP contribution in [0.3, 0.4) is 0 Å². The zero-order valence-electron chi connectivity index (χ0n) is 14.5. The number of nitrogens with zero attached hydrogens (tertiary/aromatic N) is 2. The number of thiophene rings is 1. The van der Waals surface area contributed by atoms with Gasteiger partial charge in [0.25, 0.3) is 0 Å². The summed E-state index contributed by atoms with van der Waals surface area (Å²) in [4.78, 5) is 20.1. The Hall–Kier alpha value is -1.72. The molecule has 5 heteroatoms. The number of carbonyl (C=O) groups excluding carboxylic acids is 1. The molecule has 1 aromatic carbocycles. The molecule has 132 valence electrons. The van der Waals surface area contributed by atoms with Crippen molar-refractivity contribution < 1.29 is 9.18 Å². The van der Waals surface area contributed by atoms with E-state index in [0.29, 0.717) is 6.54 Å². The van der Waals surface area contributed by atoms with E-state index in [1.165, 1.54) is 21.9 Å². The van der Waals surface area contributed by atoms with Crippen molar-refractivity contribution in [3.8, 4) is 0 Å². The molecule has 1 aromatic heterocycles. The Morgan fingerprint density at radius 3 is 2.76 bits per heavy atom. The molecule has 1 amide bonds. The normalized spacial score (nSPS) is 23.9. The smallest absolute Gasteiger partial charge is 0.230 e. The first-order valence-corrected chi connectivity index (χ1v) is 9.67. The quantitative estimate of drug-likeness (QED) is 0.829. The lowest BCUT2D eigenvalue weighted by molar-refractivity contribution is -0.136. The van der Waals surface area contributed by atoms with Gasteiger partial charge < -0.3 is 4.90 Å². The van der Waals surface area contributed by atoms with Crippen molar-refractivity contribution in [2.24, 2.45) is 5.41 Å². The summed E-state index contributed by atoms with van der Waals surface area (Å²) in [6, 6.07) is 10.9. The van der Waals surface area contributed by atoms with Crippen LogP contribution < -0.4 is 0 Å². The van der Waals surface area contributed by atoms with Crippen molar-refractivity contribution in [2.75, 3.05) is 19.6 Å². The molecule has 4 rings (SSSR count). The van der Waals surface area contributed by atoms with Gasteiger partial charge in [0, 0.05) is 35.9 Å². The Labute approximate surface area is 152 Å². The first kappa shape index (κ1) is 16.7. The molecular formula is C20H23FN2OS. The first-order chi connectivity index (χ1) is 12.0. The second-order valence-electron chi connectivity index (χ2n) is 7.36. The molecule has 1 atom stereocenters. The van der Waals surface area contributed by atoms with Crippen molar-refractivity contribution in [1.82, 2.24) is 9.80 Å². The number of benzene rings is 1. The predicted molar refractivity (Wildman–Crippen MR) is 97.8 cm³/mol. The highest BCUT2D eigenvalue weighted by atomic mass is 32.1. The third-order valence-corrected chi connectivity index (χ3v) is 6.46. The standard InChI is InChI=1S/C20H23FN2OS/c1-15-5-6-18(25-15)13-22-9-7-20(14-22)8-10-23(19(20)24)12-16-3-2-4-17(21)11-16/h2-6,11H,7-10,12-14H2,1H3/t20-/m0/s1. The monoisotopic (exact) mass is 358 g/mol. The second kappa shape index (κ2) is 6.54. The fourth-order valence-corrected chi connectivity index (χ4v) is 5.09. The fourth-order valence-electron chi connectivity index (χ4n) is 4.16. The van der Waals surface area contributed by atoms with Gasteiger partial charge >= 0.3 is 0 Å². The number of halogens is 1. The van der Waals surface area contributed by atoms with Gasteiger partial charge in [-0.05, 0) is 56.1 Å². The van der Waals surface area contributed by atoms with Gasteiger partial charge in [-0.3, -0.25) is 9.69 Å². The van der Waals surface area contributed by atoms with Gasteiger partial charge in [-0.1, -0.05) is 12.1 Å². The molecule has 2 aliphatic heterocycles. The fraction of sp³-hybridized carbons (Fsp3) is 0.450. The average Bonchev–Trinajstić information content (AvgIpc) is 3.25. The second-order valence-corrected chi connectivity index (χ2v) is 8.73. The van der Waals surface area contributed by atoms with E-state index in [2.05, 4.69) is 24.0 Å². The zero-order valence-corrected chi connectivity index (χ0v) is 15.3. The Kier molecular flexibility index (Phi) is 4.38. The van der Waals surface area contributed by atoms with E-state index in [0.717, 1.165) is 44.6 Å². The van der Waals surface area contributed by atoms with E-state index in [1.807, 2.05) is 22.3 Å². The maximum atomic E-state index is 13.4. The summed E-state index contributed by atoms with van der Waals surface area (Å²) in [7, 11) is 0. The number of hydrogen-bond acceptors (Lipinski definition) is 3. The highest BCUT2D eigenvalue weighted by molar-refractivity contribution is 7.11. The van der Waals surface area contributed by atoms with Crippen LogP contribution >= 0.6 is 11.3 Å². The van der Waals surface area contributed by atoms with E-state index in [-0.39, 0.29) is 17.1 Å². The third-order valence-electron chi connectivity index (χ3n) is 5.47. The predicted octanol–water partition coefficient (Wildman–Crippen LogP) is 3.82. The van der Waals surface area contributed by atoms with Gasteiger partial charge in [0.2, 0.25) is 5.91 Å². The Bertz CT molecular complexity index is 790. The van der Waals surface area contributed by atoms with E-state index in [1.54, 1.807) is 6.07 Å². The summed E-state index contributed by atoms with van der Waals surface area (Å²) in [5.41, 5.74) is 0.647. The van der Waals surface area contributed by atoms with Crippen LogP contribution in [0, 0.1) is 18.2 Å². The molecule has 3 heterocycles. The molecule has 0 N–H and O–H groups in total. The van der Waals surface area contributed by atoms with Crippen LogP contribution in [0.15, 0.2) is 36.4 Å². The van der Waals surface area contributed by atoms with Gasteiger partial charge in [-0.15, -0.1) is 11.3 Å². The number of likely N-dealkylation sites (tertiary alicyclic amines) is 2. The van der Waals surface area contributed by atoms with E-state index in [4.69, 9.17) is 0 Å². The zero-order chi connectivity index (χ0) is 17.4. The summed E-state index contributed by atoms with van der Waals surface area (Å²) >= 11 is 1.84. The molecule has 2 aromatic rings. The molecule has 0 unspecified atom stereocenters. The third kappa shape index (κ3) is 3.35. The molecule has 1 spiro atoms. The van der Waals surface area contributed by atoms with Crippen molar-refractivity contribution in [3.63, 3.8) is 0 Å². The van der Waals surface area contributed by atoms with Crippen molar-refractivity contribution in [2.45, 2.75) is 32.9 Å². The lowest BCUT2D eigenvalue weighted by Crippen LogP contribution is -2.36. The van der Waals surface area contributed by atoms with Crippen LogP contribution in [-0.4, -0.2) is 35.3 Å². The largest absolute Gasteiger partial charge is 0.338 e. The minimum Gasteiger partial charge on any atom is -0.338 e. The van der Waals surface area contributed by atoms with Gasteiger partial charge in [0.1, 0.15) is 5.82 Å². The Morgan fingerprint density at radius 2 is 2.00 bits per heavy atom. The Balaban J connectivity index is 1.41. The van der Waals surface area contributed by atoms with Crippen LogP contribution in [0.5, 0.6) is 0 Å². The number of rotatable bonds is 4. The van der Waals surface area contributed by atoms with Crippen LogP contribution in [0.2, 0.25) is 0 Å². The summed E-state index contributed by atoms with van der Waals surface area (Å²) in [6.45, 7) is 6.20. The minimum atomic E-state index is -0.239. The number of aryl methyl sites for hydroxylation is 1. The maximum absolute atomic E-state index is 13.4. The highest BCUT2D eigenvalue weighted by Gasteiger charge is 2.50. The summed E-state index contributed by atoms with van der Waals surface area (Å²) in [6.07, 6.45) is 1.86. The average molecular weight is 358 g/mol.